The molecule has 2 aromatic carbocycles. The molecule has 128 valence electrons. The number of hydrogen-bond donors (Lipinski definition) is 2. The van der Waals surface area contributed by atoms with Gasteiger partial charge in [-0.25, -0.2) is 0 Å². The van der Waals surface area contributed by atoms with Gasteiger partial charge >= 0.3 is 0 Å². The summed E-state index contributed by atoms with van der Waals surface area (Å²) < 4.78 is 10.9. The number of rotatable bonds is 4. The molecule has 2 amide bonds. The zero-order valence-electron chi connectivity index (χ0n) is 14.2. The third-order valence-electron chi connectivity index (χ3n) is 3.81. The minimum atomic E-state index is -0.333. The summed E-state index contributed by atoms with van der Waals surface area (Å²) in [5.41, 5.74) is 2.65. The van der Waals surface area contributed by atoms with Gasteiger partial charge in [-0.1, -0.05) is 0 Å². The van der Waals surface area contributed by atoms with Gasteiger partial charge in [-0.3, -0.25) is 9.59 Å². The smallest absolute Gasteiger partial charge is 0.291 e. The molecule has 0 atom stereocenters. The topological polar surface area (TPSA) is 80.6 Å². The van der Waals surface area contributed by atoms with E-state index in [9.17, 15) is 9.59 Å². The average molecular weight is 338 g/mol. The van der Waals surface area contributed by atoms with Crippen LogP contribution in [0.3, 0.4) is 0 Å². The number of amides is 2. The molecule has 0 fully saturated rings. The zero-order chi connectivity index (χ0) is 18.0. The van der Waals surface area contributed by atoms with Gasteiger partial charge in [0.05, 0.1) is 7.11 Å². The number of benzene rings is 2. The van der Waals surface area contributed by atoms with Crippen LogP contribution in [0.25, 0.3) is 11.0 Å². The van der Waals surface area contributed by atoms with E-state index in [1.165, 1.54) is 6.92 Å². The summed E-state index contributed by atoms with van der Waals surface area (Å²) in [6, 6.07) is 12.3. The predicted molar refractivity (Wildman–Crippen MR) is 96.2 cm³/mol. The van der Waals surface area contributed by atoms with E-state index >= 15 is 0 Å². The van der Waals surface area contributed by atoms with Gasteiger partial charge in [0.15, 0.2) is 5.76 Å². The molecule has 3 aromatic rings. The first-order valence-corrected chi connectivity index (χ1v) is 7.74. The van der Waals surface area contributed by atoms with Gasteiger partial charge in [0, 0.05) is 29.2 Å². The van der Waals surface area contributed by atoms with Crippen LogP contribution in [-0.2, 0) is 4.79 Å². The molecule has 1 aromatic heterocycles. The number of carbonyl (C=O) groups excluding carboxylic acids is 2. The fourth-order valence-electron chi connectivity index (χ4n) is 2.57. The summed E-state index contributed by atoms with van der Waals surface area (Å²) in [5.74, 6) is 0.483. The van der Waals surface area contributed by atoms with E-state index in [-0.39, 0.29) is 17.6 Å². The van der Waals surface area contributed by atoms with Crippen LogP contribution in [0.1, 0.15) is 23.0 Å². The SMILES string of the molecule is COc1ccc2oc(C(=O)Nc3ccc(NC(C)=O)cc3)c(C)c2c1. The Labute approximate surface area is 144 Å². The van der Waals surface area contributed by atoms with Crippen LogP contribution in [0.5, 0.6) is 5.75 Å². The van der Waals surface area contributed by atoms with Gasteiger partial charge in [-0.2, -0.15) is 0 Å². The number of ether oxygens (including phenoxy) is 1. The summed E-state index contributed by atoms with van der Waals surface area (Å²) in [5, 5.41) is 6.30. The molecule has 0 radical (unpaired) electrons. The first kappa shape index (κ1) is 16.6. The Morgan fingerprint density at radius 3 is 2.24 bits per heavy atom. The molecular formula is C19H18N2O4. The quantitative estimate of drug-likeness (QED) is 0.754. The number of hydrogen-bond acceptors (Lipinski definition) is 4. The number of carbonyl (C=O) groups is 2. The standard InChI is InChI=1S/C19H18N2O4/c1-11-16-10-15(24-3)8-9-17(16)25-18(11)19(23)21-14-6-4-13(5-7-14)20-12(2)22/h4-10H,1-3H3,(H,20,22)(H,21,23). The van der Waals surface area contributed by atoms with E-state index in [2.05, 4.69) is 10.6 Å². The van der Waals surface area contributed by atoms with E-state index in [1.807, 2.05) is 13.0 Å². The Balaban J connectivity index is 1.82. The van der Waals surface area contributed by atoms with Crippen molar-refractivity contribution in [1.82, 2.24) is 0 Å². The van der Waals surface area contributed by atoms with Gasteiger partial charge in [0.25, 0.3) is 5.91 Å². The minimum absolute atomic E-state index is 0.148. The molecule has 25 heavy (non-hydrogen) atoms. The molecular weight excluding hydrogens is 320 g/mol. The van der Waals surface area contributed by atoms with Crippen LogP contribution in [0.15, 0.2) is 46.9 Å². The van der Waals surface area contributed by atoms with Crippen LogP contribution in [0.2, 0.25) is 0 Å². The van der Waals surface area contributed by atoms with Crippen molar-refractivity contribution in [3.8, 4) is 5.75 Å². The maximum Gasteiger partial charge on any atom is 0.291 e. The number of methoxy groups -OCH3 is 1. The Hall–Kier alpha value is -3.28. The Morgan fingerprint density at radius 2 is 1.64 bits per heavy atom. The number of furan rings is 1. The summed E-state index contributed by atoms with van der Waals surface area (Å²) in [7, 11) is 1.59. The molecule has 6 nitrogen and oxygen atoms in total. The van der Waals surface area contributed by atoms with Crippen LogP contribution in [0.4, 0.5) is 11.4 Å². The van der Waals surface area contributed by atoms with Crippen molar-refractivity contribution in [1.29, 1.82) is 0 Å². The number of aryl methyl sites for hydroxylation is 1. The second kappa shape index (κ2) is 6.68. The molecule has 0 bridgehead atoms. The highest BCUT2D eigenvalue weighted by molar-refractivity contribution is 6.06. The highest BCUT2D eigenvalue weighted by atomic mass is 16.5. The summed E-state index contributed by atoms with van der Waals surface area (Å²) in [4.78, 5) is 23.5. The van der Waals surface area contributed by atoms with Gasteiger partial charge in [0.1, 0.15) is 11.3 Å². The second-order valence-corrected chi connectivity index (χ2v) is 5.63. The molecule has 0 unspecified atom stereocenters. The van der Waals surface area contributed by atoms with Crippen LogP contribution < -0.4 is 15.4 Å². The molecule has 0 saturated heterocycles. The Kier molecular flexibility index (Phi) is 4.43. The molecule has 0 aliphatic heterocycles. The zero-order valence-corrected chi connectivity index (χ0v) is 14.2. The van der Waals surface area contributed by atoms with E-state index in [0.29, 0.717) is 22.7 Å². The lowest BCUT2D eigenvalue weighted by atomic mass is 10.1. The van der Waals surface area contributed by atoms with Crippen LogP contribution in [-0.4, -0.2) is 18.9 Å². The van der Waals surface area contributed by atoms with Crippen molar-refractivity contribution in [3.63, 3.8) is 0 Å². The molecule has 0 aliphatic rings. The van der Waals surface area contributed by atoms with E-state index in [1.54, 1.807) is 43.5 Å². The lowest BCUT2D eigenvalue weighted by molar-refractivity contribution is -0.114. The fourth-order valence-corrected chi connectivity index (χ4v) is 2.57. The van der Waals surface area contributed by atoms with E-state index < -0.39 is 0 Å². The first-order valence-electron chi connectivity index (χ1n) is 7.74. The second-order valence-electron chi connectivity index (χ2n) is 5.63. The Morgan fingerprint density at radius 1 is 1.00 bits per heavy atom. The van der Waals surface area contributed by atoms with Gasteiger partial charge in [-0.15, -0.1) is 0 Å². The van der Waals surface area contributed by atoms with Crippen molar-refractivity contribution in [3.05, 3.63) is 53.8 Å². The van der Waals surface area contributed by atoms with Gasteiger partial charge in [-0.05, 0) is 49.4 Å². The molecule has 0 spiro atoms. The highest BCUT2D eigenvalue weighted by Gasteiger charge is 2.18. The van der Waals surface area contributed by atoms with Gasteiger partial charge in [0.2, 0.25) is 5.91 Å². The fraction of sp³-hybridized carbons (Fsp3) is 0.158. The summed E-state index contributed by atoms with van der Waals surface area (Å²) in [6.07, 6.45) is 0. The third-order valence-corrected chi connectivity index (χ3v) is 3.81. The molecule has 2 N–H and O–H groups in total. The van der Waals surface area contributed by atoms with Crippen molar-refractivity contribution in [2.24, 2.45) is 0 Å². The lowest BCUT2D eigenvalue weighted by Crippen LogP contribution is -2.12. The maximum atomic E-state index is 12.5. The van der Waals surface area contributed by atoms with Crippen molar-refractivity contribution in [2.45, 2.75) is 13.8 Å². The van der Waals surface area contributed by atoms with Crippen molar-refractivity contribution < 1.29 is 18.7 Å². The highest BCUT2D eigenvalue weighted by Crippen LogP contribution is 2.29. The normalized spacial score (nSPS) is 10.5. The number of fused-ring (bicyclic) bond motifs is 1. The Bertz CT molecular complexity index is 942. The molecule has 0 saturated carbocycles. The number of anilines is 2. The predicted octanol–water partition coefficient (Wildman–Crippen LogP) is 3.96. The molecule has 3 rings (SSSR count). The maximum absolute atomic E-state index is 12.5. The van der Waals surface area contributed by atoms with Gasteiger partial charge < -0.3 is 19.8 Å². The number of nitrogens with one attached hydrogen (secondary N) is 2. The largest absolute Gasteiger partial charge is 0.497 e. The first-order chi connectivity index (χ1) is 12.0. The van der Waals surface area contributed by atoms with Crippen molar-refractivity contribution in [2.75, 3.05) is 17.7 Å². The van der Waals surface area contributed by atoms with Crippen molar-refractivity contribution >= 4 is 34.2 Å². The average Bonchev–Trinajstić information content (AvgIpc) is 2.92. The summed E-state index contributed by atoms with van der Waals surface area (Å²) in [6.45, 7) is 3.27. The van der Waals surface area contributed by atoms with E-state index in [0.717, 1.165) is 10.9 Å². The monoisotopic (exact) mass is 338 g/mol. The lowest BCUT2D eigenvalue weighted by Gasteiger charge is -2.06. The third kappa shape index (κ3) is 3.47. The summed E-state index contributed by atoms with van der Waals surface area (Å²) >= 11 is 0. The molecule has 1 heterocycles. The molecule has 6 heteroatoms. The minimum Gasteiger partial charge on any atom is -0.497 e. The van der Waals surface area contributed by atoms with Crippen LogP contribution in [0, 0.1) is 6.92 Å². The van der Waals surface area contributed by atoms with E-state index in [4.69, 9.17) is 9.15 Å². The molecule has 0 aliphatic carbocycles. The van der Waals surface area contributed by atoms with Crippen LogP contribution >= 0.6 is 0 Å².